The summed E-state index contributed by atoms with van der Waals surface area (Å²) in [4.78, 5) is 8.82. The number of hydrogen-bond acceptors (Lipinski definition) is 5. The minimum atomic E-state index is 0.419. The lowest BCUT2D eigenvalue weighted by Crippen LogP contribution is -2.03. The van der Waals surface area contributed by atoms with Crippen molar-refractivity contribution in [2.24, 2.45) is 0 Å². The van der Waals surface area contributed by atoms with Crippen LogP contribution in [0.3, 0.4) is 0 Å². The molecule has 0 fully saturated rings. The molecule has 0 radical (unpaired) electrons. The predicted molar refractivity (Wildman–Crippen MR) is 67.7 cm³/mol. The maximum absolute atomic E-state index is 5.11. The Hall–Kier alpha value is -1.40. The van der Waals surface area contributed by atoms with Crippen LogP contribution >= 0.6 is 15.9 Å². The van der Waals surface area contributed by atoms with Crippen molar-refractivity contribution < 1.29 is 9.15 Å². The molecule has 2 aromatic heterocycles. The molecule has 0 aromatic carbocycles. The standard InChI is InChI=1S/C11H12BrN3O2/c1-13-11-9(12)8(6-16-2)14-10(15-11)7-3-4-17-5-7/h3-5H,6H2,1-2H3,(H,13,14,15). The van der Waals surface area contributed by atoms with Crippen molar-refractivity contribution in [3.05, 3.63) is 28.8 Å². The largest absolute Gasteiger partial charge is 0.472 e. The van der Waals surface area contributed by atoms with Crippen LogP contribution in [0.15, 0.2) is 27.5 Å². The highest BCUT2D eigenvalue weighted by Crippen LogP contribution is 2.27. The van der Waals surface area contributed by atoms with Crippen LogP contribution in [0.5, 0.6) is 0 Å². The average molecular weight is 298 g/mol. The zero-order valence-corrected chi connectivity index (χ0v) is 11.1. The van der Waals surface area contributed by atoms with Gasteiger partial charge in [-0.2, -0.15) is 0 Å². The van der Waals surface area contributed by atoms with Crippen molar-refractivity contribution in [2.45, 2.75) is 6.61 Å². The van der Waals surface area contributed by atoms with E-state index < -0.39 is 0 Å². The molecule has 1 N–H and O–H groups in total. The SMILES string of the molecule is CNc1nc(-c2ccoc2)nc(COC)c1Br. The van der Waals surface area contributed by atoms with Crippen molar-refractivity contribution in [3.63, 3.8) is 0 Å². The minimum absolute atomic E-state index is 0.419. The second-order valence-corrected chi connectivity index (χ2v) is 4.14. The monoisotopic (exact) mass is 297 g/mol. The second-order valence-electron chi connectivity index (χ2n) is 3.35. The molecular formula is C11H12BrN3O2. The van der Waals surface area contributed by atoms with Crippen molar-refractivity contribution >= 4 is 21.7 Å². The second kappa shape index (κ2) is 5.29. The van der Waals surface area contributed by atoms with Crippen molar-refractivity contribution in [1.29, 1.82) is 0 Å². The first-order valence-electron chi connectivity index (χ1n) is 5.02. The van der Waals surface area contributed by atoms with E-state index >= 15 is 0 Å². The maximum Gasteiger partial charge on any atom is 0.165 e. The molecule has 0 spiro atoms. The maximum atomic E-state index is 5.11. The fourth-order valence-electron chi connectivity index (χ4n) is 1.41. The molecule has 0 aliphatic heterocycles. The lowest BCUT2D eigenvalue weighted by Gasteiger charge is -2.09. The third-order valence-electron chi connectivity index (χ3n) is 2.22. The summed E-state index contributed by atoms with van der Waals surface area (Å²) in [6, 6.07) is 1.82. The Bertz CT molecular complexity index is 500. The van der Waals surface area contributed by atoms with Gasteiger partial charge < -0.3 is 14.5 Å². The molecule has 90 valence electrons. The van der Waals surface area contributed by atoms with E-state index in [-0.39, 0.29) is 0 Å². The first kappa shape index (κ1) is 12.1. The highest BCUT2D eigenvalue weighted by atomic mass is 79.9. The molecule has 0 saturated carbocycles. The van der Waals surface area contributed by atoms with Gasteiger partial charge in [0.2, 0.25) is 0 Å². The Morgan fingerprint density at radius 2 is 2.29 bits per heavy atom. The van der Waals surface area contributed by atoms with Gasteiger partial charge in [-0.15, -0.1) is 0 Å². The van der Waals surface area contributed by atoms with Gasteiger partial charge in [0.05, 0.1) is 28.6 Å². The molecule has 0 aliphatic rings. The molecule has 2 rings (SSSR count). The van der Waals surface area contributed by atoms with E-state index in [2.05, 4.69) is 31.2 Å². The van der Waals surface area contributed by atoms with Crippen LogP contribution in [0, 0.1) is 0 Å². The van der Waals surface area contributed by atoms with Crippen LogP contribution in [-0.2, 0) is 11.3 Å². The summed E-state index contributed by atoms with van der Waals surface area (Å²) < 4.78 is 11.0. The Kier molecular flexibility index (Phi) is 3.75. The van der Waals surface area contributed by atoms with Crippen LogP contribution < -0.4 is 5.32 Å². The van der Waals surface area contributed by atoms with E-state index in [1.54, 1.807) is 19.6 Å². The molecular weight excluding hydrogens is 286 g/mol. The number of aromatic nitrogens is 2. The number of halogens is 1. The van der Waals surface area contributed by atoms with E-state index in [9.17, 15) is 0 Å². The fraction of sp³-hybridized carbons (Fsp3) is 0.273. The van der Waals surface area contributed by atoms with Crippen LogP contribution in [-0.4, -0.2) is 24.1 Å². The Labute approximate surface area is 107 Å². The molecule has 0 unspecified atom stereocenters. The normalized spacial score (nSPS) is 10.5. The van der Waals surface area contributed by atoms with Gasteiger partial charge in [0.25, 0.3) is 0 Å². The summed E-state index contributed by atoms with van der Waals surface area (Å²) in [6.07, 6.45) is 3.20. The van der Waals surface area contributed by atoms with Crippen molar-refractivity contribution in [3.8, 4) is 11.4 Å². The van der Waals surface area contributed by atoms with Crippen LogP contribution in [0.25, 0.3) is 11.4 Å². The number of furan rings is 1. The van der Waals surface area contributed by atoms with Gasteiger partial charge in [-0.1, -0.05) is 0 Å². The van der Waals surface area contributed by atoms with Gasteiger partial charge in [0.1, 0.15) is 12.1 Å². The van der Waals surface area contributed by atoms with Gasteiger partial charge >= 0.3 is 0 Å². The molecule has 5 nitrogen and oxygen atoms in total. The Morgan fingerprint density at radius 3 is 2.88 bits per heavy atom. The zero-order valence-electron chi connectivity index (χ0n) is 9.53. The molecule has 6 heteroatoms. The Balaban J connectivity index is 2.50. The van der Waals surface area contributed by atoms with Crippen LogP contribution in [0.2, 0.25) is 0 Å². The predicted octanol–water partition coefficient (Wildman–Crippen LogP) is 2.69. The third-order valence-corrected chi connectivity index (χ3v) is 3.05. The van der Waals surface area contributed by atoms with Crippen molar-refractivity contribution in [2.75, 3.05) is 19.5 Å². The summed E-state index contributed by atoms with van der Waals surface area (Å²) in [6.45, 7) is 0.419. The number of nitrogens with one attached hydrogen (secondary N) is 1. The van der Waals surface area contributed by atoms with Crippen molar-refractivity contribution in [1.82, 2.24) is 9.97 Å². The minimum Gasteiger partial charge on any atom is -0.472 e. The first-order valence-corrected chi connectivity index (χ1v) is 5.81. The molecule has 0 saturated heterocycles. The quantitative estimate of drug-likeness (QED) is 0.940. The molecule has 0 bridgehead atoms. The van der Waals surface area contributed by atoms with Gasteiger partial charge in [0, 0.05) is 14.2 Å². The summed E-state index contributed by atoms with van der Waals surface area (Å²) in [5.41, 5.74) is 1.63. The number of anilines is 1. The summed E-state index contributed by atoms with van der Waals surface area (Å²) in [5.74, 6) is 1.33. The number of ether oxygens (including phenoxy) is 1. The fourth-order valence-corrected chi connectivity index (χ4v) is 1.90. The molecule has 2 heterocycles. The van der Waals surface area contributed by atoms with Crippen LogP contribution in [0.1, 0.15) is 5.69 Å². The smallest absolute Gasteiger partial charge is 0.165 e. The highest BCUT2D eigenvalue weighted by Gasteiger charge is 2.13. The van der Waals surface area contributed by atoms with E-state index in [4.69, 9.17) is 9.15 Å². The molecule has 0 aliphatic carbocycles. The van der Waals surface area contributed by atoms with Gasteiger partial charge in [-0.25, -0.2) is 9.97 Å². The molecule has 2 aromatic rings. The van der Waals surface area contributed by atoms with Gasteiger partial charge in [-0.05, 0) is 22.0 Å². The van der Waals surface area contributed by atoms with E-state index in [0.717, 1.165) is 21.5 Å². The lowest BCUT2D eigenvalue weighted by molar-refractivity contribution is 0.181. The number of methoxy groups -OCH3 is 1. The summed E-state index contributed by atoms with van der Waals surface area (Å²) >= 11 is 3.45. The third kappa shape index (κ3) is 2.48. The van der Waals surface area contributed by atoms with Crippen LogP contribution in [0.4, 0.5) is 5.82 Å². The number of hydrogen-bond donors (Lipinski definition) is 1. The van der Waals surface area contributed by atoms with E-state index in [1.807, 2.05) is 13.1 Å². The average Bonchev–Trinajstić information content (AvgIpc) is 2.85. The lowest BCUT2D eigenvalue weighted by atomic mass is 10.3. The number of rotatable bonds is 4. The molecule has 17 heavy (non-hydrogen) atoms. The Morgan fingerprint density at radius 1 is 1.47 bits per heavy atom. The topological polar surface area (TPSA) is 60.2 Å². The van der Waals surface area contributed by atoms with Gasteiger partial charge in [0.15, 0.2) is 5.82 Å². The summed E-state index contributed by atoms with van der Waals surface area (Å²) in [7, 11) is 3.44. The summed E-state index contributed by atoms with van der Waals surface area (Å²) in [5, 5.41) is 3.01. The van der Waals surface area contributed by atoms with Gasteiger partial charge in [-0.3, -0.25) is 0 Å². The first-order chi connectivity index (χ1) is 8.26. The molecule has 0 amide bonds. The zero-order chi connectivity index (χ0) is 12.3. The van der Waals surface area contributed by atoms with E-state index in [1.165, 1.54) is 0 Å². The number of nitrogens with zero attached hydrogens (tertiary/aromatic N) is 2. The van der Waals surface area contributed by atoms with E-state index in [0.29, 0.717) is 12.4 Å². The highest BCUT2D eigenvalue weighted by molar-refractivity contribution is 9.10. The molecule has 0 atom stereocenters.